The Morgan fingerprint density at radius 2 is 2.21 bits per heavy atom. The molecule has 14 heavy (non-hydrogen) atoms. The summed E-state index contributed by atoms with van der Waals surface area (Å²) in [6.45, 7) is 6.56. The molecule has 0 saturated carbocycles. The van der Waals surface area contributed by atoms with E-state index in [1.54, 1.807) is 11.3 Å². The van der Waals surface area contributed by atoms with Crippen LogP contribution < -0.4 is 5.73 Å². The van der Waals surface area contributed by atoms with Gasteiger partial charge in [0.15, 0.2) is 0 Å². The third kappa shape index (κ3) is 1.64. The Hall–Kier alpha value is -0.250. The second-order valence-electron chi connectivity index (χ2n) is 4.01. The van der Waals surface area contributed by atoms with E-state index in [0.717, 1.165) is 29.5 Å². The minimum atomic E-state index is 0.602. The average Bonchev–Trinajstić information content (AvgIpc) is 2.42. The first-order valence-electron chi connectivity index (χ1n) is 4.89. The number of rotatable bonds is 1. The van der Waals surface area contributed by atoms with E-state index in [1.165, 1.54) is 10.4 Å². The first kappa shape index (κ1) is 10.3. The maximum atomic E-state index is 6.02. The highest BCUT2D eigenvalue weighted by atomic mass is 35.5. The molecule has 0 aromatic carbocycles. The van der Waals surface area contributed by atoms with Crippen molar-refractivity contribution in [2.45, 2.75) is 32.9 Å². The van der Waals surface area contributed by atoms with E-state index < -0.39 is 0 Å². The molecule has 1 aliphatic rings. The van der Waals surface area contributed by atoms with Gasteiger partial charge in [-0.3, -0.25) is 4.90 Å². The molecular weight excluding hydrogens is 216 g/mol. The number of halogens is 1. The maximum absolute atomic E-state index is 6.02. The summed E-state index contributed by atoms with van der Waals surface area (Å²) in [4.78, 5) is 3.81. The van der Waals surface area contributed by atoms with Crippen LogP contribution in [0.3, 0.4) is 0 Å². The highest BCUT2D eigenvalue weighted by molar-refractivity contribution is 7.17. The number of fused-ring (bicyclic) bond motifs is 1. The van der Waals surface area contributed by atoms with E-state index in [-0.39, 0.29) is 0 Å². The van der Waals surface area contributed by atoms with Crippen molar-refractivity contribution in [2.75, 3.05) is 12.3 Å². The van der Waals surface area contributed by atoms with Gasteiger partial charge >= 0.3 is 0 Å². The predicted molar refractivity (Wildman–Crippen MR) is 63.0 cm³/mol. The van der Waals surface area contributed by atoms with E-state index in [1.807, 2.05) is 0 Å². The highest BCUT2D eigenvalue weighted by Gasteiger charge is 2.23. The molecule has 2 heterocycles. The zero-order valence-corrected chi connectivity index (χ0v) is 10.1. The monoisotopic (exact) mass is 230 g/mol. The lowest BCUT2D eigenvalue weighted by atomic mass is 10.1. The smallest absolute Gasteiger partial charge is 0.116 e. The normalized spacial score (nSPS) is 17.4. The van der Waals surface area contributed by atoms with Crippen LogP contribution in [0.1, 0.15) is 24.3 Å². The molecule has 0 bridgehead atoms. The molecule has 0 atom stereocenters. The summed E-state index contributed by atoms with van der Waals surface area (Å²) in [5.41, 5.74) is 8.01. The summed E-state index contributed by atoms with van der Waals surface area (Å²) in [5.74, 6) is 0. The second-order valence-corrected chi connectivity index (χ2v) is 5.71. The van der Waals surface area contributed by atoms with E-state index >= 15 is 0 Å². The number of nitrogen functional groups attached to an aromatic ring is 1. The number of thiophene rings is 1. The largest absolute Gasteiger partial charge is 0.397 e. The van der Waals surface area contributed by atoms with Crippen molar-refractivity contribution >= 4 is 28.6 Å². The Labute approximate surface area is 93.7 Å². The molecule has 1 aromatic rings. The third-order valence-corrected chi connectivity index (χ3v) is 4.27. The van der Waals surface area contributed by atoms with Crippen LogP contribution in [0.2, 0.25) is 4.34 Å². The molecule has 2 N–H and O–H groups in total. The van der Waals surface area contributed by atoms with Gasteiger partial charge in [0.1, 0.15) is 4.34 Å². The molecule has 1 aromatic heterocycles. The molecular formula is C10H15ClN2S. The molecule has 2 rings (SSSR count). The van der Waals surface area contributed by atoms with Crippen LogP contribution in [0.5, 0.6) is 0 Å². The molecule has 0 fully saturated rings. The van der Waals surface area contributed by atoms with Gasteiger partial charge in [-0.15, -0.1) is 11.3 Å². The Balaban J connectivity index is 2.27. The molecule has 4 heteroatoms. The molecule has 0 amide bonds. The van der Waals surface area contributed by atoms with Crippen molar-refractivity contribution < 1.29 is 0 Å². The molecule has 78 valence electrons. The van der Waals surface area contributed by atoms with Crippen molar-refractivity contribution in [2.24, 2.45) is 0 Å². The number of anilines is 1. The van der Waals surface area contributed by atoms with Crippen LogP contribution in [-0.2, 0) is 13.0 Å². The molecule has 0 radical (unpaired) electrons. The fourth-order valence-corrected chi connectivity index (χ4v) is 3.26. The van der Waals surface area contributed by atoms with Gasteiger partial charge in [0.05, 0.1) is 5.69 Å². The van der Waals surface area contributed by atoms with Crippen molar-refractivity contribution in [3.05, 3.63) is 14.8 Å². The standard InChI is InChI=1S/C10H15ClN2S/c1-6(2)13-4-3-7-8(5-13)14-10(11)9(7)12/h6H,3-5,12H2,1-2H3. The van der Waals surface area contributed by atoms with E-state index in [4.69, 9.17) is 17.3 Å². The number of hydrogen-bond acceptors (Lipinski definition) is 3. The predicted octanol–water partition coefficient (Wildman–Crippen LogP) is 2.75. The quantitative estimate of drug-likeness (QED) is 0.804. The fraction of sp³-hybridized carbons (Fsp3) is 0.600. The Bertz CT molecular complexity index is 346. The van der Waals surface area contributed by atoms with Gasteiger partial charge in [-0.1, -0.05) is 11.6 Å². The minimum Gasteiger partial charge on any atom is -0.397 e. The summed E-state index contributed by atoms with van der Waals surface area (Å²) < 4.78 is 0.764. The lowest BCUT2D eigenvalue weighted by Gasteiger charge is -2.30. The number of nitrogens with two attached hydrogens (primary N) is 1. The second kappa shape index (κ2) is 3.72. The van der Waals surface area contributed by atoms with Gasteiger partial charge in [0, 0.05) is 24.0 Å². The van der Waals surface area contributed by atoms with Gasteiger partial charge in [-0.05, 0) is 25.8 Å². The first-order chi connectivity index (χ1) is 6.59. The van der Waals surface area contributed by atoms with Crippen molar-refractivity contribution in [1.82, 2.24) is 4.90 Å². The maximum Gasteiger partial charge on any atom is 0.116 e. The lowest BCUT2D eigenvalue weighted by molar-refractivity contribution is 0.206. The Morgan fingerprint density at radius 3 is 2.86 bits per heavy atom. The topological polar surface area (TPSA) is 29.3 Å². The molecule has 0 spiro atoms. The summed E-state index contributed by atoms with van der Waals surface area (Å²) in [6, 6.07) is 0.602. The Kier molecular flexibility index (Phi) is 2.73. The van der Waals surface area contributed by atoms with Crippen LogP contribution in [0.15, 0.2) is 0 Å². The van der Waals surface area contributed by atoms with Crippen molar-refractivity contribution in [1.29, 1.82) is 0 Å². The number of hydrogen-bond donors (Lipinski definition) is 1. The van der Waals surface area contributed by atoms with Crippen molar-refractivity contribution in [3.8, 4) is 0 Å². The van der Waals surface area contributed by atoms with Crippen LogP contribution in [-0.4, -0.2) is 17.5 Å². The van der Waals surface area contributed by atoms with Crippen LogP contribution in [0.25, 0.3) is 0 Å². The zero-order valence-electron chi connectivity index (χ0n) is 8.51. The molecule has 0 unspecified atom stereocenters. The molecule has 0 saturated heterocycles. The van der Waals surface area contributed by atoms with E-state index in [9.17, 15) is 0 Å². The van der Waals surface area contributed by atoms with Gasteiger partial charge < -0.3 is 5.73 Å². The molecule has 2 nitrogen and oxygen atoms in total. The van der Waals surface area contributed by atoms with E-state index in [0.29, 0.717) is 6.04 Å². The zero-order chi connectivity index (χ0) is 10.3. The van der Waals surface area contributed by atoms with Crippen LogP contribution >= 0.6 is 22.9 Å². The average molecular weight is 231 g/mol. The fourth-order valence-electron chi connectivity index (χ4n) is 1.86. The summed E-state index contributed by atoms with van der Waals surface area (Å²) in [5, 5.41) is 0. The van der Waals surface area contributed by atoms with Crippen LogP contribution in [0.4, 0.5) is 5.69 Å². The lowest BCUT2D eigenvalue weighted by Crippen LogP contribution is -2.35. The molecule has 1 aliphatic heterocycles. The van der Waals surface area contributed by atoms with E-state index in [2.05, 4.69) is 18.7 Å². The number of nitrogens with zero attached hydrogens (tertiary/aromatic N) is 1. The van der Waals surface area contributed by atoms with Crippen LogP contribution in [0, 0.1) is 0 Å². The minimum absolute atomic E-state index is 0.602. The Morgan fingerprint density at radius 1 is 1.50 bits per heavy atom. The summed E-state index contributed by atoms with van der Waals surface area (Å²) >= 11 is 7.66. The van der Waals surface area contributed by atoms with Gasteiger partial charge in [-0.25, -0.2) is 0 Å². The first-order valence-corrected chi connectivity index (χ1v) is 6.08. The third-order valence-electron chi connectivity index (χ3n) is 2.81. The SMILES string of the molecule is CC(C)N1CCc2c(sc(Cl)c2N)C1. The van der Waals surface area contributed by atoms with Gasteiger partial charge in [0.2, 0.25) is 0 Å². The van der Waals surface area contributed by atoms with Gasteiger partial charge in [-0.2, -0.15) is 0 Å². The van der Waals surface area contributed by atoms with Gasteiger partial charge in [0.25, 0.3) is 0 Å². The summed E-state index contributed by atoms with van der Waals surface area (Å²) in [7, 11) is 0. The molecule has 0 aliphatic carbocycles. The highest BCUT2D eigenvalue weighted by Crippen LogP contribution is 2.38. The van der Waals surface area contributed by atoms with Crippen molar-refractivity contribution in [3.63, 3.8) is 0 Å². The summed E-state index contributed by atoms with van der Waals surface area (Å²) in [6.07, 6.45) is 1.04.